The van der Waals surface area contributed by atoms with Crippen LogP contribution < -0.4 is 10.5 Å². The van der Waals surface area contributed by atoms with E-state index in [0.29, 0.717) is 17.7 Å². The lowest BCUT2D eigenvalue weighted by atomic mass is 10.1. The summed E-state index contributed by atoms with van der Waals surface area (Å²) in [4.78, 5) is 0.182. The summed E-state index contributed by atoms with van der Waals surface area (Å²) in [5.74, 6) is -0.231. The van der Waals surface area contributed by atoms with E-state index in [1.807, 2.05) is 0 Å². The predicted molar refractivity (Wildman–Crippen MR) is 83.6 cm³/mol. The fourth-order valence-electron chi connectivity index (χ4n) is 3.05. The van der Waals surface area contributed by atoms with Crippen molar-refractivity contribution < 1.29 is 12.8 Å². The molecule has 1 aromatic carbocycles. The van der Waals surface area contributed by atoms with Gasteiger partial charge in [0.15, 0.2) is 0 Å². The second-order valence-electron chi connectivity index (χ2n) is 5.52. The molecule has 21 heavy (non-hydrogen) atoms. The van der Waals surface area contributed by atoms with Crippen LogP contribution in [-0.2, 0) is 10.0 Å². The average Bonchev–Trinajstić information content (AvgIpc) is 2.73. The van der Waals surface area contributed by atoms with Crippen LogP contribution in [0.5, 0.6) is 0 Å². The number of hydrogen-bond acceptors (Lipinski definition) is 3. The second-order valence-corrected chi connectivity index (χ2v) is 7.17. The van der Waals surface area contributed by atoms with Crippen LogP contribution in [-0.4, -0.2) is 21.0 Å². The van der Waals surface area contributed by atoms with Crippen LogP contribution in [0.4, 0.5) is 4.39 Å². The van der Waals surface area contributed by atoms with E-state index < -0.39 is 15.8 Å². The van der Waals surface area contributed by atoms with Gasteiger partial charge in [-0.3, -0.25) is 0 Å². The Balaban J connectivity index is 0.00000220. The number of rotatable bonds is 4. The lowest BCUT2D eigenvalue weighted by Gasteiger charge is -2.21. The number of sulfonamides is 1. The average molecular weight is 337 g/mol. The van der Waals surface area contributed by atoms with E-state index in [9.17, 15) is 12.8 Å². The molecular formula is C14H22ClFN2O2S. The zero-order chi connectivity index (χ0) is 14.9. The van der Waals surface area contributed by atoms with Gasteiger partial charge in [-0.05, 0) is 62.4 Å². The maximum absolute atomic E-state index is 13.3. The smallest absolute Gasteiger partial charge is 0.241 e. The normalized spacial score (nSPS) is 22.1. The van der Waals surface area contributed by atoms with E-state index in [1.165, 1.54) is 12.1 Å². The zero-order valence-electron chi connectivity index (χ0n) is 12.2. The molecule has 1 aromatic rings. The summed E-state index contributed by atoms with van der Waals surface area (Å²) in [6.45, 7) is 3.70. The maximum Gasteiger partial charge on any atom is 0.241 e. The highest BCUT2D eigenvalue weighted by Crippen LogP contribution is 2.28. The van der Waals surface area contributed by atoms with E-state index >= 15 is 0 Å². The van der Waals surface area contributed by atoms with Crippen molar-refractivity contribution in [2.75, 3.05) is 6.54 Å². The lowest BCUT2D eigenvalue weighted by molar-refractivity contribution is 0.452. The summed E-state index contributed by atoms with van der Waals surface area (Å²) in [5, 5.41) is 0. The molecule has 0 heterocycles. The molecule has 4 nitrogen and oxygen atoms in total. The molecule has 2 unspecified atom stereocenters. The fourth-order valence-corrected chi connectivity index (χ4v) is 4.85. The van der Waals surface area contributed by atoms with E-state index in [2.05, 4.69) is 4.72 Å². The molecule has 1 aliphatic carbocycles. The van der Waals surface area contributed by atoms with Crippen molar-refractivity contribution in [3.8, 4) is 0 Å². The number of hydrogen-bond donors (Lipinski definition) is 2. The molecule has 0 aromatic heterocycles. The van der Waals surface area contributed by atoms with Crippen molar-refractivity contribution in [2.24, 2.45) is 11.7 Å². The molecule has 3 N–H and O–H groups in total. The third-order valence-electron chi connectivity index (χ3n) is 3.96. The standard InChI is InChI=1S/C14H21FN2O2S.ClH/c1-9-6-12(15)7-10(2)14(9)20(18,19)17-13-5-3-4-11(13)8-16;/h6-7,11,13,17H,3-5,8,16H2,1-2H3;1H. The third kappa shape index (κ3) is 3.94. The monoisotopic (exact) mass is 336 g/mol. The summed E-state index contributed by atoms with van der Waals surface area (Å²) in [5.41, 5.74) is 6.53. The quantitative estimate of drug-likeness (QED) is 0.886. The number of halogens is 2. The van der Waals surface area contributed by atoms with Crippen LogP contribution in [0.25, 0.3) is 0 Å². The van der Waals surface area contributed by atoms with Gasteiger partial charge in [0, 0.05) is 6.04 Å². The van der Waals surface area contributed by atoms with Gasteiger partial charge in [-0.25, -0.2) is 17.5 Å². The molecule has 0 aliphatic heterocycles. The Morgan fingerprint density at radius 3 is 2.38 bits per heavy atom. The Labute approximate surface area is 131 Å². The van der Waals surface area contributed by atoms with Gasteiger partial charge in [0.1, 0.15) is 5.82 Å². The maximum atomic E-state index is 13.3. The highest BCUT2D eigenvalue weighted by atomic mass is 35.5. The number of aryl methyl sites for hydroxylation is 2. The first-order chi connectivity index (χ1) is 9.35. The van der Waals surface area contributed by atoms with Gasteiger partial charge in [0.2, 0.25) is 10.0 Å². The molecule has 2 rings (SSSR count). The van der Waals surface area contributed by atoms with E-state index in [-0.39, 0.29) is 29.3 Å². The molecular weight excluding hydrogens is 315 g/mol. The molecule has 0 amide bonds. The number of benzene rings is 1. The molecule has 7 heteroatoms. The van der Waals surface area contributed by atoms with Gasteiger partial charge >= 0.3 is 0 Å². The Hall–Kier alpha value is -0.690. The topological polar surface area (TPSA) is 72.2 Å². The third-order valence-corrected chi connectivity index (χ3v) is 5.76. The van der Waals surface area contributed by atoms with Crippen LogP contribution in [0, 0.1) is 25.6 Å². The Morgan fingerprint density at radius 2 is 1.86 bits per heavy atom. The van der Waals surface area contributed by atoms with Gasteiger partial charge in [-0.1, -0.05) is 6.42 Å². The zero-order valence-corrected chi connectivity index (χ0v) is 13.9. The Kier molecular flexibility index (Phi) is 6.16. The van der Waals surface area contributed by atoms with Crippen molar-refractivity contribution >= 4 is 22.4 Å². The molecule has 1 fully saturated rings. The van der Waals surface area contributed by atoms with Crippen molar-refractivity contribution in [3.63, 3.8) is 0 Å². The Morgan fingerprint density at radius 1 is 1.29 bits per heavy atom. The van der Waals surface area contributed by atoms with Crippen molar-refractivity contribution in [2.45, 2.75) is 44.0 Å². The van der Waals surface area contributed by atoms with E-state index in [0.717, 1.165) is 19.3 Å². The largest absolute Gasteiger partial charge is 0.330 e. The van der Waals surface area contributed by atoms with Crippen LogP contribution >= 0.6 is 12.4 Å². The first-order valence-electron chi connectivity index (χ1n) is 6.84. The fraction of sp³-hybridized carbons (Fsp3) is 0.571. The minimum absolute atomic E-state index is 0. The SMILES string of the molecule is Cc1cc(F)cc(C)c1S(=O)(=O)NC1CCCC1CN.Cl. The van der Waals surface area contributed by atoms with Crippen molar-refractivity contribution in [1.29, 1.82) is 0 Å². The number of nitrogens with two attached hydrogens (primary N) is 1. The van der Waals surface area contributed by atoms with E-state index in [1.54, 1.807) is 13.8 Å². The molecule has 120 valence electrons. The highest BCUT2D eigenvalue weighted by molar-refractivity contribution is 7.89. The van der Waals surface area contributed by atoms with Crippen LogP contribution in [0.15, 0.2) is 17.0 Å². The van der Waals surface area contributed by atoms with E-state index in [4.69, 9.17) is 5.73 Å². The summed E-state index contributed by atoms with van der Waals surface area (Å²) >= 11 is 0. The van der Waals surface area contributed by atoms with Gasteiger partial charge in [-0.15, -0.1) is 12.4 Å². The second kappa shape index (κ2) is 7.05. The molecule has 1 aliphatic rings. The molecule has 2 atom stereocenters. The van der Waals surface area contributed by atoms with Crippen molar-refractivity contribution in [1.82, 2.24) is 4.72 Å². The minimum atomic E-state index is -3.64. The first-order valence-corrected chi connectivity index (χ1v) is 8.32. The lowest BCUT2D eigenvalue weighted by Crippen LogP contribution is -2.40. The van der Waals surface area contributed by atoms with Gasteiger partial charge < -0.3 is 5.73 Å². The van der Waals surface area contributed by atoms with Gasteiger partial charge in [0.25, 0.3) is 0 Å². The Bertz CT molecular complexity index is 584. The molecule has 1 saturated carbocycles. The van der Waals surface area contributed by atoms with Gasteiger partial charge in [0.05, 0.1) is 4.90 Å². The molecule has 0 radical (unpaired) electrons. The van der Waals surface area contributed by atoms with Crippen LogP contribution in [0.3, 0.4) is 0 Å². The van der Waals surface area contributed by atoms with Crippen LogP contribution in [0.1, 0.15) is 30.4 Å². The van der Waals surface area contributed by atoms with Crippen LogP contribution in [0.2, 0.25) is 0 Å². The van der Waals surface area contributed by atoms with Crippen molar-refractivity contribution in [3.05, 3.63) is 29.1 Å². The molecule has 0 spiro atoms. The number of nitrogens with one attached hydrogen (secondary N) is 1. The summed E-state index contributed by atoms with van der Waals surface area (Å²) in [7, 11) is -3.64. The summed E-state index contributed by atoms with van der Waals surface area (Å²) in [6, 6.07) is 2.38. The predicted octanol–water partition coefficient (Wildman–Crippen LogP) is 2.27. The first kappa shape index (κ1) is 18.4. The minimum Gasteiger partial charge on any atom is -0.330 e. The summed E-state index contributed by atoms with van der Waals surface area (Å²) in [6.07, 6.45) is 2.74. The van der Waals surface area contributed by atoms with Gasteiger partial charge in [-0.2, -0.15) is 0 Å². The highest BCUT2D eigenvalue weighted by Gasteiger charge is 2.31. The summed E-state index contributed by atoms with van der Waals surface area (Å²) < 4.78 is 41.1. The molecule has 0 bridgehead atoms. The molecule has 0 saturated heterocycles.